The van der Waals surface area contributed by atoms with Crippen LogP contribution in [0.1, 0.15) is 0 Å². The topological polar surface area (TPSA) is 69.7 Å². The third-order valence-electron chi connectivity index (χ3n) is 4.42. The van der Waals surface area contributed by atoms with Crippen molar-refractivity contribution < 1.29 is 17.6 Å². The van der Waals surface area contributed by atoms with Gasteiger partial charge in [0.05, 0.1) is 27.2 Å². The Labute approximate surface area is 172 Å². The zero-order valence-electron chi connectivity index (χ0n) is 14.7. The first-order chi connectivity index (χ1) is 13.3. The van der Waals surface area contributed by atoms with Crippen molar-refractivity contribution >= 4 is 44.8 Å². The zero-order valence-corrected chi connectivity index (χ0v) is 17.1. The molecule has 3 rings (SSSR count). The van der Waals surface area contributed by atoms with Gasteiger partial charge in [-0.3, -0.25) is 4.79 Å². The average molecular weight is 446 g/mol. The largest absolute Gasteiger partial charge is 0.375 e. The fourth-order valence-corrected chi connectivity index (χ4v) is 4.75. The van der Waals surface area contributed by atoms with Gasteiger partial charge in [-0.1, -0.05) is 35.3 Å². The Balaban J connectivity index is 1.58. The van der Waals surface area contributed by atoms with Gasteiger partial charge in [-0.15, -0.1) is 0 Å². The van der Waals surface area contributed by atoms with Crippen molar-refractivity contribution in [3.63, 3.8) is 0 Å². The lowest BCUT2D eigenvalue weighted by atomic mass is 10.3. The fraction of sp³-hybridized carbons (Fsp3) is 0.278. The number of carbonyl (C=O) groups excluding carboxylic acids is 1. The summed E-state index contributed by atoms with van der Waals surface area (Å²) in [5, 5.41) is 3.25. The molecule has 1 aliphatic heterocycles. The van der Waals surface area contributed by atoms with Gasteiger partial charge in [0.2, 0.25) is 15.9 Å². The maximum absolute atomic E-state index is 13.3. The van der Waals surface area contributed by atoms with Crippen molar-refractivity contribution in [2.24, 2.45) is 0 Å². The molecule has 28 heavy (non-hydrogen) atoms. The summed E-state index contributed by atoms with van der Waals surface area (Å²) >= 11 is 11.7. The number of anilines is 1. The number of carbonyl (C=O) groups is 1. The van der Waals surface area contributed by atoms with E-state index in [0.29, 0.717) is 10.7 Å². The van der Waals surface area contributed by atoms with Gasteiger partial charge in [0.1, 0.15) is 5.82 Å². The Hall–Kier alpha value is -1.87. The maximum atomic E-state index is 13.3. The van der Waals surface area contributed by atoms with Gasteiger partial charge in [0.15, 0.2) is 0 Å². The molecule has 0 radical (unpaired) electrons. The molecule has 1 N–H and O–H groups in total. The lowest BCUT2D eigenvalue weighted by Gasteiger charge is -2.34. The van der Waals surface area contributed by atoms with E-state index in [9.17, 15) is 17.6 Å². The predicted octanol–water partition coefficient (Wildman–Crippen LogP) is 3.08. The second kappa shape index (κ2) is 8.65. The van der Waals surface area contributed by atoms with Gasteiger partial charge in [-0.25, -0.2) is 12.8 Å². The van der Waals surface area contributed by atoms with E-state index in [4.69, 9.17) is 23.2 Å². The van der Waals surface area contributed by atoms with Crippen LogP contribution in [0.25, 0.3) is 0 Å². The normalized spacial score (nSPS) is 15.5. The second-order valence-electron chi connectivity index (χ2n) is 6.19. The molecule has 1 saturated heterocycles. The first-order valence-corrected chi connectivity index (χ1v) is 10.7. The summed E-state index contributed by atoms with van der Waals surface area (Å²) < 4.78 is 39.9. The second-order valence-corrected chi connectivity index (χ2v) is 8.95. The van der Waals surface area contributed by atoms with E-state index in [0.717, 1.165) is 12.1 Å². The Morgan fingerprint density at radius 2 is 1.71 bits per heavy atom. The van der Waals surface area contributed by atoms with Gasteiger partial charge < -0.3 is 10.2 Å². The summed E-state index contributed by atoms with van der Waals surface area (Å²) in [6, 6.07) is 10.4. The fourth-order valence-electron chi connectivity index (χ4n) is 2.85. The maximum Gasteiger partial charge on any atom is 0.243 e. The lowest BCUT2D eigenvalue weighted by Crippen LogP contribution is -2.51. The van der Waals surface area contributed by atoms with Crippen LogP contribution in [0.4, 0.5) is 10.1 Å². The molecular weight excluding hydrogens is 428 g/mol. The molecule has 1 aliphatic rings. The van der Waals surface area contributed by atoms with Crippen molar-refractivity contribution in [3.05, 3.63) is 58.3 Å². The zero-order chi connectivity index (χ0) is 20.3. The molecule has 0 saturated carbocycles. The van der Waals surface area contributed by atoms with Crippen LogP contribution >= 0.6 is 23.2 Å². The summed E-state index contributed by atoms with van der Waals surface area (Å²) in [5.41, 5.74) is 0.659. The van der Waals surface area contributed by atoms with Gasteiger partial charge in [0.25, 0.3) is 0 Å². The summed E-state index contributed by atoms with van der Waals surface area (Å²) in [5.74, 6) is -0.830. The number of para-hydroxylation sites is 1. The van der Waals surface area contributed by atoms with E-state index in [-0.39, 0.29) is 48.5 Å². The molecule has 0 unspecified atom stereocenters. The summed E-state index contributed by atoms with van der Waals surface area (Å²) in [4.78, 5) is 13.9. The Morgan fingerprint density at radius 3 is 2.36 bits per heavy atom. The molecule has 0 aliphatic carbocycles. The van der Waals surface area contributed by atoms with Gasteiger partial charge in [0, 0.05) is 26.2 Å². The monoisotopic (exact) mass is 445 g/mol. The van der Waals surface area contributed by atoms with Crippen molar-refractivity contribution in [2.45, 2.75) is 4.90 Å². The Bertz CT molecular complexity index is 980. The first kappa shape index (κ1) is 20.9. The third-order valence-corrected chi connectivity index (χ3v) is 6.94. The van der Waals surface area contributed by atoms with Crippen LogP contribution in [0.2, 0.25) is 10.0 Å². The highest BCUT2D eigenvalue weighted by Gasteiger charge is 2.30. The van der Waals surface area contributed by atoms with Crippen molar-refractivity contribution in [3.8, 4) is 0 Å². The standard InChI is InChI=1S/C18H18Cl2FN3O3S/c19-14-3-1-2-4-17(14)22-12-18(25)23-7-9-24(10-8-23)28(26,27)13-5-6-16(21)15(20)11-13/h1-6,11,22H,7-10,12H2. The average Bonchev–Trinajstić information content (AvgIpc) is 2.69. The quantitative estimate of drug-likeness (QED) is 0.767. The van der Waals surface area contributed by atoms with E-state index in [1.165, 1.54) is 10.4 Å². The number of rotatable bonds is 5. The van der Waals surface area contributed by atoms with Crippen LogP contribution in [0, 0.1) is 5.82 Å². The predicted molar refractivity (Wildman–Crippen MR) is 107 cm³/mol. The highest BCUT2D eigenvalue weighted by Crippen LogP contribution is 2.23. The Kier molecular flexibility index (Phi) is 6.44. The number of nitrogens with one attached hydrogen (secondary N) is 1. The molecule has 150 valence electrons. The molecular formula is C18H18Cl2FN3O3S. The highest BCUT2D eigenvalue weighted by molar-refractivity contribution is 7.89. The number of amides is 1. The van der Waals surface area contributed by atoms with E-state index in [1.54, 1.807) is 23.1 Å². The number of hydrogen-bond donors (Lipinski definition) is 1. The summed E-state index contributed by atoms with van der Waals surface area (Å²) in [6.07, 6.45) is 0. The molecule has 10 heteroatoms. The minimum absolute atomic E-state index is 0.0596. The van der Waals surface area contributed by atoms with Crippen molar-refractivity contribution in [2.75, 3.05) is 38.0 Å². The van der Waals surface area contributed by atoms with Crippen LogP contribution in [-0.2, 0) is 14.8 Å². The minimum Gasteiger partial charge on any atom is -0.375 e. The molecule has 6 nitrogen and oxygen atoms in total. The number of nitrogens with zero attached hydrogens (tertiary/aromatic N) is 2. The van der Waals surface area contributed by atoms with Crippen LogP contribution in [0.5, 0.6) is 0 Å². The van der Waals surface area contributed by atoms with Crippen LogP contribution < -0.4 is 5.32 Å². The number of sulfonamides is 1. The SMILES string of the molecule is O=C(CNc1ccccc1Cl)N1CCN(S(=O)(=O)c2ccc(F)c(Cl)c2)CC1. The first-order valence-electron chi connectivity index (χ1n) is 8.50. The van der Waals surface area contributed by atoms with Crippen LogP contribution in [-0.4, -0.2) is 56.3 Å². The minimum atomic E-state index is -3.80. The summed E-state index contributed by atoms with van der Waals surface area (Å²) in [6.45, 7) is 0.878. The van der Waals surface area contributed by atoms with Crippen LogP contribution in [0.15, 0.2) is 47.4 Å². The molecule has 0 aromatic heterocycles. The Morgan fingerprint density at radius 1 is 1.04 bits per heavy atom. The molecule has 0 atom stereocenters. The van der Waals surface area contributed by atoms with E-state index in [2.05, 4.69) is 5.32 Å². The van der Waals surface area contributed by atoms with Crippen LogP contribution in [0.3, 0.4) is 0 Å². The van der Waals surface area contributed by atoms with E-state index >= 15 is 0 Å². The van der Waals surface area contributed by atoms with Gasteiger partial charge >= 0.3 is 0 Å². The van der Waals surface area contributed by atoms with Gasteiger partial charge in [-0.05, 0) is 30.3 Å². The van der Waals surface area contributed by atoms with E-state index in [1.807, 2.05) is 6.07 Å². The molecule has 0 bridgehead atoms. The molecule has 1 amide bonds. The smallest absolute Gasteiger partial charge is 0.243 e. The molecule has 2 aromatic rings. The highest BCUT2D eigenvalue weighted by atomic mass is 35.5. The number of piperazine rings is 1. The molecule has 1 fully saturated rings. The number of benzene rings is 2. The van der Waals surface area contributed by atoms with Gasteiger partial charge in [-0.2, -0.15) is 4.31 Å². The third kappa shape index (κ3) is 4.57. The molecule has 2 aromatic carbocycles. The lowest BCUT2D eigenvalue weighted by molar-refractivity contribution is -0.130. The molecule has 1 heterocycles. The van der Waals surface area contributed by atoms with E-state index < -0.39 is 15.8 Å². The number of hydrogen-bond acceptors (Lipinski definition) is 4. The summed E-state index contributed by atoms with van der Waals surface area (Å²) in [7, 11) is -3.80. The van der Waals surface area contributed by atoms with Crippen molar-refractivity contribution in [1.29, 1.82) is 0 Å². The number of halogens is 3. The molecule has 0 spiro atoms. The van der Waals surface area contributed by atoms with Crippen molar-refractivity contribution in [1.82, 2.24) is 9.21 Å².